The van der Waals surface area contributed by atoms with E-state index in [1.54, 1.807) is 13.8 Å². The van der Waals surface area contributed by atoms with Gasteiger partial charge in [-0.2, -0.15) is 0 Å². The van der Waals surface area contributed by atoms with Gasteiger partial charge in [-0.1, -0.05) is 13.8 Å². The molecule has 1 aliphatic rings. The second-order valence-electron chi connectivity index (χ2n) is 6.34. The van der Waals surface area contributed by atoms with Crippen molar-refractivity contribution in [2.24, 2.45) is 5.41 Å². The van der Waals surface area contributed by atoms with Crippen LogP contribution in [0.5, 0.6) is 0 Å². The maximum atomic E-state index is 11.4. The number of nitrogens with one attached hydrogen (secondary N) is 2. The summed E-state index contributed by atoms with van der Waals surface area (Å²) in [5.74, 6) is -6.01. The van der Waals surface area contributed by atoms with Crippen molar-refractivity contribution >= 4 is 50.9 Å². The van der Waals surface area contributed by atoms with Crippen molar-refractivity contribution in [1.29, 1.82) is 0 Å². The van der Waals surface area contributed by atoms with E-state index in [1.807, 2.05) is 0 Å². The topological polar surface area (TPSA) is 349 Å². The van der Waals surface area contributed by atoms with Gasteiger partial charge in [0.25, 0.3) is 7.82 Å². The first kappa shape index (κ1) is 41.8. The summed E-state index contributed by atoms with van der Waals surface area (Å²) >= 11 is 0. The number of carbonyl (C=O) groups excluding carboxylic acids is 3. The zero-order valence-corrected chi connectivity index (χ0v) is 23.2. The molecule has 0 saturated carbocycles. The van der Waals surface area contributed by atoms with E-state index in [2.05, 4.69) is 10.6 Å². The minimum atomic E-state index is -4.89. The van der Waals surface area contributed by atoms with Gasteiger partial charge in [-0.3, -0.25) is 34.4 Å². The Morgan fingerprint density at radius 1 is 0.917 bits per heavy atom. The molecule has 22 heteroatoms. The van der Waals surface area contributed by atoms with E-state index in [0.717, 1.165) is 0 Å². The smallest absolute Gasteiger partial charge is 0.756 e. The van der Waals surface area contributed by atoms with Crippen LogP contribution in [0.4, 0.5) is 4.79 Å². The fraction of sp³-hybridized carbons (Fsp3) is 0.571. The Labute approximate surface area is 245 Å². The molecule has 0 aromatic heterocycles. The number of hydrogen-bond donors (Lipinski definition) is 11. The van der Waals surface area contributed by atoms with Crippen molar-refractivity contribution in [1.82, 2.24) is 10.6 Å². The Hall–Kier alpha value is -1.33. The quantitative estimate of drug-likeness (QED) is 0.0763. The number of urea groups is 1. The Morgan fingerprint density at radius 3 is 1.33 bits per heavy atom. The van der Waals surface area contributed by atoms with Crippen molar-refractivity contribution in [2.45, 2.75) is 45.1 Å². The molecule has 1 saturated heterocycles. The second kappa shape index (κ2) is 18.8. The molecular weight excluding hydrogens is 549 g/mol. The van der Waals surface area contributed by atoms with Crippen LogP contribution in [-0.4, -0.2) is 94.0 Å². The van der Waals surface area contributed by atoms with Gasteiger partial charge in [0.05, 0.1) is 12.8 Å². The van der Waals surface area contributed by atoms with E-state index in [1.165, 1.54) is 0 Å². The van der Waals surface area contributed by atoms with Crippen LogP contribution < -0.4 is 66.9 Å². The maximum absolute atomic E-state index is 11.4. The molecule has 1 aliphatic heterocycles. The average Bonchev–Trinajstić information content (AvgIpc) is 2.59. The van der Waals surface area contributed by atoms with Crippen LogP contribution in [0, 0.1) is 5.41 Å². The Balaban J connectivity index is -0.000000210. The van der Waals surface area contributed by atoms with Crippen molar-refractivity contribution < 1.29 is 135 Å². The summed E-state index contributed by atoms with van der Waals surface area (Å²) < 4.78 is 8.77. The molecule has 0 aromatic rings. The monoisotopic (exact) mass is 574 g/mol. The SMILES string of the molecule is CCC1(CC)C(=O)NC(=O)NC1=O.O=C(O)CC(O)(CC(=O)O)C(=O)O.O=P([O-])(O)O.OB(O)O.[K+]. The van der Waals surface area contributed by atoms with Gasteiger partial charge >= 0.3 is 82.6 Å². The number of aliphatic hydroxyl groups is 1. The minimum absolute atomic E-state index is 0. The zero-order valence-electron chi connectivity index (χ0n) is 19.1. The Bertz CT molecular complexity index is 779. The van der Waals surface area contributed by atoms with Crippen LogP contribution in [0.2, 0.25) is 0 Å². The number of barbiturate groups is 1. The summed E-state index contributed by atoms with van der Waals surface area (Å²) in [7, 11) is -7.06. The molecule has 0 aliphatic carbocycles. The molecule has 1 rings (SSSR count). The molecule has 202 valence electrons. The molecule has 0 spiro atoms. The summed E-state index contributed by atoms with van der Waals surface area (Å²) in [6.45, 7) is 3.50. The number of imide groups is 2. The average molecular weight is 574 g/mol. The number of carbonyl (C=O) groups is 6. The van der Waals surface area contributed by atoms with Crippen LogP contribution in [0.25, 0.3) is 0 Å². The van der Waals surface area contributed by atoms with E-state index >= 15 is 0 Å². The van der Waals surface area contributed by atoms with E-state index in [4.69, 9.17) is 54.7 Å². The molecule has 1 fully saturated rings. The van der Waals surface area contributed by atoms with Crippen LogP contribution >= 0.6 is 7.82 Å². The van der Waals surface area contributed by atoms with Crippen molar-refractivity contribution in [3.05, 3.63) is 0 Å². The number of hydrogen-bond acceptors (Lipinski definition) is 12. The number of carboxylic acid groups (broad SMARTS) is 3. The predicted molar refractivity (Wildman–Crippen MR) is 106 cm³/mol. The first-order chi connectivity index (χ1) is 15.6. The van der Waals surface area contributed by atoms with Gasteiger partial charge in [-0.15, -0.1) is 0 Å². The van der Waals surface area contributed by atoms with Gasteiger partial charge < -0.3 is 50.2 Å². The molecule has 4 amide bonds. The Morgan fingerprint density at radius 2 is 1.17 bits per heavy atom. The normalized spacial score (nSPS) is 13.9. The van der Waals surface area contributed by atoms with Crippen LogP contribution in [0.3, 0.4) is 0 Å². The molecule has 19 nitrogen and oxygen atoms in total. The van der Waals surface area contributed by atoms with Crippen molar-refractivity contribution in [3.63, 3.8) is 0 Å². The molecule has 1 heterocycles. The van der Waals surface area contributed by atoms with Crippen LogP contribution in [0.1, 0.15) is 39.5 Å². The van der Waals surface area contributed by atoms with Gasteiger partial charge in [0.1, 0.15) is 5.41 Å². The van der Waals surface area contributed by atoms with E-state index < -0.39 is 74.8 Å². The van der Waals surface area contributed by atoms with Crippen molar-refractivity contribution in [2.75, 3.05) is 0 Å². The largest absolute Gasteiger partial charge is 1.00 e. The molecule has 0 radical (unpaired) electrons. The standard InChI is InChI=1S/C8H12N2O3.C6H8O7.BH3O3.K.H3O4P/c1-3-8(4-2)5(11)9-7(13)10-6(8)12;7-3(8)1-6(13,5(11)12)2-4(9)10;2-1(3)4;;1-5(2,3)4/h3-4H2,1-2H3,(H2,9,10,11,12,13);13H,1-2H2,(H,7,8)(H,9,10)(H,11,12);2-4H;;(H3,1,2,3,4)/q;;;+1;/p-1. The van der Waals surface area contributed by atoms with Gasteiger partial charge in [0, 0.05) is 0 Å². The van der Waals surface area contributed by atoms with Crippen LogP contribution in [-0.2, 0) is 28.5 Å². The minimum Gasteiger partial charge on any atom is -0.756 e. The predicted octanol–water partition coefficient (Wildman–Crippen LogP) is -7.70. The fourth-order valence-corrected chi connectivity index (χ4v) is 2.19. The number of aliphatic carboxylic acids is 3. The van der Waals surface area contributed by atoms with Gasteiger partial charge in [0.15, 0.2) is 5.60 Å². The molecular formula is C14H25BKN2O17P. The number of phosphoric acid groups is 1. The first-order valence-electron chi connectivity index (χ1n) is 8.94. The van der Waals surface area contributed by atoms with Gasteiger partial charge in [0.2, 0.25) is 11.8 Å². The first-order valence-corrected chi connectivity index (χ1v) is 10.5. The summed E-state index contributed by atoms with van der Waals surface area (Å²) in [4.78, 5) is 87.0. The van der Waals surface area contributed by atoms with Crippen LogP contribution in [0.15, 0.2) is 0 Å². The molecule has 0 unspecified atom stereocenters. The Kier molecular flexibility index (Phi) is 21.9. The molecule has 11 N–H and O–H groups in total. The second-order valence-corrected chi connectivity index (χ2v) is 7.32. The third kappa shape index (κ3) is 19.8. The van der Waals surface area contributed by atoms with E-state index in [9.17, 15) is 28.8 Å². The number of amides is 4. The molecule has 0 bridgehead atoms. The fourth-order valence-electron chi connectivity index (χ4n) is 2.19. The third-order valence-electron chi connectivity index (χ3n) is 3.82. The summed E-state index contributed by atoms with van der Waals surface area (Å²) in [5, 5.41) is 59.5. The summed E-state index contributed by atoms with van der Waals surface area (Å²) in [6, 6.07) is -0.729. The zero-order chi connectivity index (χ0) is 28.8. The molecule has 0 atom stereocenters. The van der Waals surface area contributed by atoms with E-state index in [0.29, 0.717) is 12.8 Å². The third-order valence-corrected chi connectivity index (χ3v) is 3.82. The molecule has 36 heavy (non-hydrogen) atoms. The summed E-state index contributed by atoms with van der Waals surface area (Å²) in [5.41, 5.74) is -3.80. The van der Waals surface area contributed by atoms with E-state index in [-0.39, 0.29) is 51.4 Å². The van der Waals surface area contributed by atoms with Gasteiger partial charge in [-0.05, 0) is 12.8 Å². The van der Waals surface area contributed by atoms with Crippen molar-refractivity contribution in [3.8, 4) is 0 Å². The maximum Gasteiger partial charge on any atom is 1.00 e. The molecule has 0 aromatic carbocycles. The van der Waals surface area contributed by atoms with Gasteiger partial charge in [-0.25, -0.2) is 9.59 Å². The summed E-state index contributed by atoms with van der Waals surface area (Å²) in [6.07, 6.45) is -1.49. The number of rotatable bonds is 7. The number of carboxylic acids is 3.